The summed E-state index contributed by atoms with van der Waals surface area (Å²) in [5.74, 6) is 0.293. The molecule has 0 spiro atoms. The summed E-state index contributed by atoms with van der Waals surface area (Å²) < 4.78 is 50.7. The minimum atomic E-state index is -4.41. The second kappa shape index (κ2) is 9.51. The average molecular weight is 388 g/mol. The molecule has 1 aromatic heterocycles. The van der Waals surface area contributed by atoms with Crippen LogP contribution in [0, 0.1) is 5.82 Å². The lowest BCUT2D eigenvalue weighted by atomic mass is 10.1. The first kappa shape index (κ1) is 20.2. The van der Waals surface area contributed by atoms with Crippen LogP contribution in [0.3, 0.4) is 0 Å². The molecule has 0 unspecified atom stereocenters. The van der Waals surface area contributed by atoms with Gasteiger partial charge in [0.05, 0.1) is 5.01 Å². The zero-order valence-corrected chi connectivity index (χ0v) is 15.1. The van der Waals surface area contributed by atoms with E-state index in [1.54, 1.807) is 6.07 Å². The molecule has 0 saturated carbocycles. The van der Waals surface area contributed by atoms with Crippen LogP contribution in [0.1, 0.15) is 23.2 Å². The van der Waals surface area contributed by atoms with Crippen molar-refractivity contribution in [3.63, 3.8) is 0 Å². The monoisotopic (exact) mass is 388 g/mol. The van der Waals surface area contributed by atoms with Gasteiger partial charge in [-0.1, -0.05) is 12.1 Å². The van der Waals surface area contributed by atoms with Crippen LogP contribution in [0.15, 0.2) is 34.6 Å². The fourth-order valence-electron chi connectivity index (χ4n) is 2.18. The zero-order chi connectivity index (χ0) is 19.0. The summed E-state index contributed by atoms with van der Waals surface area (Å²) in [5, 5.41) is 7.60. The molecule has 0 amide bonds. The van der Waals surface area contributed by atoms with Gasteiger partial charge in [0.15, 0.2) is 11.7 Å². The van der Waals surface area contributed by atoms with Crippen molar-refractivity contribution in [1.82, 2.24) is 15.6 Å². The predicted octanol–water partition coefficient (Wildman–Crippen LogP) is 3.64. The third kappa shape index (κ3) is 6.62. The Balaban J connectivity index is 1.83. The third-order valence-corrected chi connectivity index (χ3v) is 4.29. The van der Waals surface area contributed by atoms with E-state index < -0.39 is 11.9 Å². The highest BCUT2D eigenvalue weighted by Gasteiger charge is 2.33. The van der Waals surface area contributed by atoms with Crippen molar-refractivity contribution in [2.45, 2.75) is 25.9 Å². The van der Waals surface area contributed by atoms with E-state index in [1.807, 2.05) is 13.0 Å². The van der Waals surface area contributed by atoms with E-state index in [4.69, 9.17) is 0 Å². The fourth-order valence-corrected chi connectivity index (χ4v) is 2.97. The van der Waals surface area contributed by atoms with E-state index in [1.165, 1.54) is 12.1 Å². The topological polar surface area (TPSA) is 49.3 Å². The molecule has 0 fully saturated rings. The molecule has 2 aromatic rings. The van der Waals surface area contributed by atoms with E-state index in [9.17, 15) is 17.6 Å². The van der Waals surface area contributed by atoms with Crippen LogP contribution in [0.2, 0.25) is 0 Å². The van der Waals surface area contributed by atoms with Crippen molar-refractivity contribution in [3.05, 3.63) is 51.7 Å². The Morgan fingerprint density at radius 1 is 1.23 bits per heavy atom. The normalized spacial score (nSPS) is 12.3. The molecule has 0 aliphatic carbocycles. The summed E-state index contributed by atoms with van der Waals surface area (Å²) in [6.07, 6.45) is -3.45. The first-order chi connectivity index (χ1) is 12.4. The number of hydrogen-bond acceptors (Lipinski definition) is 3. The van der Waals surface area contributed by atoms with Crippen molar-refractivity contribution in [2.75, 3.05) is 19.6 Å². The molecule has 0 bridgehead atoms. The number of aromatic nitrogens is 1. The summed E-state index contributed by atoms with van der Waals surface area (Å²) >= 11 is 0.981. The number of guanidine groups is 1. The number of rotatable bonds is 7. The number of halogens is 4. The molecule has 4 nitrogen and oxygen atoms in total. The van der Waals surface area contributed by atoms with Gasteiger partial charge in [0.1, 0.15) is 5.82 Å². The Labute approximate surface area is 153 Å². The van der Waals surface area contributed by atoms with Gasteiger partial charge in [-0.3, -0.25) is 4.99 Å². The van der Waals surface area contributed by atoms with Crippen LogP contribution >= 0.6 is 11.3 Å². The van der Waals surface area contributed by atoms with Crippen LogP contribution in [0.5, 0.6) is 0 Å². The molecule has 0 radical (unpaired) electrons. The summed E-state index contributed by atoms with van der Waals surface area (Å²) in [7, 11) is 0. The smallest absolute Gasteiger partial charge is 0.357 e. The minimum absolute atomic E-state index is 0.273. The highest BCUT2D eigenvalue weighted by atomic mass is 32.1. The number of nitrogens with one attached hydrogen (secondary N) is 2. The van der Waals surface area contributed by atoms with Crippen LogP contribution in [0.25, 0.3) is 0 Å². The highest BCUT2D eigenvalue weighted by Crippen LogP contribution is 2.30. The summed E-state index contributed by atoms with van der Waals surface area (Å²) in [4.78, 5) is 7.92. The SMILES string of the molecule is CCNC(=NCCc1nc(C(F)(F)F)cs1)NCCc1cccc(F)c1. The summed E-state index contributed by atoms with van der Waals surface area (Å²) in [6, 6.07) is 6.38. The summed E-state index contributed by atoms with van der Waals surface area (Å²) in [6.45, 7) is 3.45. The Hall–Kier alpha value is -2.16. The molecule has 2 rings (SSSR count). The maximum Gasteiger partial charge on any atom is 0.434 e. The lowest BCUT2D eigenvalue weighted by Gasteiger charge is -2.11. The molecule has 26 heavy (non-hydrogen) atoms. The van der Waals surface area contributed by atoms with Gasteiger partial charge in [0, 0.05) is 31.4 Å². The largest absolute Gasteiger partial charge is 0.434 e. The van der Waals surface area contributed by atoms with Crippen LogP contribution < -0.4 is 10.6 Å². The number of benzene rings is 1. The fraction of sp³-hybridized carbons (Fsp3) is 0.412. The first-order valence-electron chi connectivity index (χ1n) is 8.16. The predicted molar refractivity (Wildman–Crippen MR) is 94.9 cm³/mol. The molecule has 0 aliphatic rings. The van der Waals surface area contributed by atoms with Crippen molar-refractivity contribution < 1.29 is 17.6 Å². The average Bonchev–Trinajstić information content (AvgIpc) is 3.04. The quantitative estimate of drug-likeness (QED) is 0.433. The summed E-state index contributed by atoms with van der Waals surface area (Å²) in [5.41, 5.74) is 0.0115. The molecular weight excluding hydrogens is 368 g/mol. The Kier molecular flexibility index (Phi) is 7.38. The lowest BCUT2D eigenvalue weighted by molar-refractivity contribution is -0.140. The van der Waals surface area contributed by atoms with E-state index >= 15 is 0 Å². The van der Waals surface area contributed by atoms with E-state index in [0.29, 0.717) is 43.4 Å². The van der Waals surface area contributed by atoms with Gasteiger partial charge in [-0.15, -0.1) is 11.3 Å². The van der Waals surface area contributed by atoms with Crippen LogP contribution in [0.4, 0.5) is 17.6 Å². The molecule has 0 saturated heterocycles. The van der Waals surface area contributed by atoms with Gasteiger partial charge in [-0.05, 0) is 31.0 Å². The van der Waals surface area contributed by atoms with E-state index in [-0.39, 0.29) is 5.82 Å². The minimum Gasteiger partial charge on any atom is -0.357 e. The Morgan fingerprint density at radius 3 is 2.69 bits per heavy atom. The van der Waals surface area contributed by atoms with Crippen molar-refractivity contribution in [2.24, 2.45) is 4.99 Å². The third-order valence-electron chi connectivity index (χ3n) is 3.38. The lowest BCUT2D eigenvalue weighted by Crippen LogP contribution is -2.38. The molecule has 1 aromatic carbocycles. The number of aliphatic imine (C=N–C) groups is 1. The highest BCUT2D eigenvalue weighted by molar-refractivity contribution is 7.09. The molecule has 1 heterocycles. The van der Waals surface area contributed by atoms with Crippen molar-refractivity contribution in [3.8, 4) is 0 Å². The molecule has 9 heteroatoms. The van der Waals surface area contributed by atoms with Gasteiger partial charge in [-0.25, -0.2) is 9.37 Å². The van der Waals surface area contributed by atoms with Crippen molar-refractivity contribution in [1.29, 1.82) is 0 Å². The second-order valence-electron chi connectivity index (χ2n) is 5.44. The maximum absolute atomic E-state index is 13.1. The Morgan fingerprint density at radius 2 is 2.04 bits per heavy atom. The van der Waals surface area contributed by atoms with Gasteiger partial charge in [-0.2, -0.15) is 13.2 Å². The molecule has 0 atom stereocenters. The Bertz CT molecular complexity index is 728. The van der Waals surface area contributed by atoms with Crippen LogP contribution in [-0.4, -0.2) is 30.6 Å². The number of hydrogen-bond donors (Lipinski definition) is 2. The standard InChI is InChI=1S/C17H20F4N4S/c1-2-22-16(23-8-6-12-4-3-5-13(18)10-12)24-9-7-15-25-14(11-26-15)17(19,20)21/h3-5,10-11H,2,6-9H2,1H3,(H2,22,23,24). The van der Waals surface area contributed by atoms with Gasteiger partial charge in [0.2, 0.25) is 0 Å². The van der Waals surface area contributed by atoms with Crippen LogP contribution in [-0.2, 0) is 19.0 Å². The van der Waals surface area contributed by atoms with Gasteiger partial charge in [0.25, 0.3) is 0 Å². The molecule has 142 valence electrons. The number of thiazole rings is 1. The van der Waals surface area contributed by atoms with E-state index in [0.717, 1.165) is 22.3 Å². The number of nitrogens with zero attached hydrogens (tertiary/aromatic N) is 2. The maximum atomic E-state index is 13.1. The molecular formula is C17H20F4N4S. The van der Waals surface area contributed by atoms with E-state index in [2.05, 4.69) is 20.6 Å². The number of alkyl halides is 3. The molecule has 0 aliphatic heterocycles. The second-order valence-corrected chi connectivity index (χ2v) is 6.38. The van der Waals surface area contributed by atoms with Crippen molar-refractivity contribution >= 4 is 17.3 Å². The molecule has 2 N–H and O–H groups in total. The zero-order valence-electron chi connectivity index (χ0n) is 14.2. The first-order valence-corrected chi connectivity index (χ1v) is 9.04. The van der Waals surface area contributed by atoms with Gasteiger partial charge >= 0.3 is 6.18 Å². The van der Waals surface area contributed by atoms with Gasteiger partial charge < -0.3 is 10.6 Å².